The summed E-state index contributed by atoms with van der Waals surface area (Å²) in [6.45, 7) is 3.19. The summed E-state index contributed by atoms with van der Waals surface area (Å²) in [5.74, 6) is -0.103. The van der Waals surface area contributed by atoms with E-state index in [0.29, 0.717) is 29.8 Å². The number of hydrogen-bond donors (Lipinski definition) is 1. The van der Waals surface area contributed by atoms with Gasteiger partial charge < -0.3 is 10.1 Å². The van der Waals surface area contributed by atoms with Crippen molar-refractivity contribution in [3.63, 3.8) is 0 Å². The quantitative estimate of drug-likeness (QED) is 0.734. The molecule has 2 aromatic rings. The molecule has 1 saturated carbocycles. The molecule has 0 bridgehead atoms. The van der Waals surface area contributed by atoms with E-state index < -0.39 is 0 Å². The third kappa shape index (κ3) is 4.86. The van der Waals surface area contributed by atoms with Crippen molar-refractivity contribution in [2.24, 2.45) is 0 Å². The number of benzene rings is 1. The second-order valence-electron chi connectivity index (χ2n) is 6.78. The molecule has 1 aromatic heterocycles. The second-order valence-corrected chi connectivity index (χ2v) is 7.21. The SMILES string of the molecule is Cc1c(C(=O)NCCCOC2CCCCC2)cnn1-c1cccc(Cl)c1. The molecule has 3 rings (SSSR count). The molecule has 1 amide bonds. The molecule has 1 heterocycles. The van der Waals surface area contributed by atoms with E-state index in [1.165, 1.54) is 32.1 Å². The minimum absolute atomic E-state index is 0.103. The molecule has 1 N–H and O–H groups in total. The first kappa shape index (κ1) is 18.9. The van der Waals surface area contributed by atoms with Gasteiger partial charge in [0.1, 0.15) is 0 Å². The average molecular weight is 376 g/mol. The summed E-state index contributed by atoms with van der Waals surface area (Å²) in [6, 6.07) is 7.42. The second kappa shape index (κ2) is 9.19. The van der Waals surface area contributed by atoms with Crippen LogP contribution in [0.1, 0.15) is 54.6 Å². The predicted octanol–water partition coefficient (Wildman–Crippen LogP) is 4.30. The van der Waals surface area contributed by atoms with Gasteiger partial charge in [0.05, 0.1) is 29.2 Å². The van der Waals surface area contributed by atoms with E-state index in [0.717, 1.165) is 17.8 Å². The van der Waals surface area contributed by atoms with Crippen LogP contribution in [0.15, 0.2) is 30.5 Å². The van der Waals surface area contributed by atoms with Crippen LogP contribution in [-0.2, 0) is 4.74 Å². The summed E-state index contributed by atoms with van der Waals surface area (Å²) in [4.78, 5) is 12.4. The number of rotatable bonds is 7. The average Bonchev–Trinajstić information content (AvgIpc) is 3.04. The van der Waals surface area contributed by atoms with E-state index in [4.69, 9.17) is 16.3 Å². The molecular weight excluding hydrogens is 350 g/mol. The Morgan fingerprint density at radius 2 is 2.15 bits per heavy atom. The summed E-state index contributed by atoms with van der Waals surface area (Å²) >= 11 is 6.04. The van der Waals surface area contributed by atoms with Gasteiger partial charge in [0.2, 0.25) is 0 Å². The van der Waals surface area contributed by atoms with Crippen molar-refractivity contribution in [2.45, 2.75) is 51.6 Å². The highest BCUT2D eigenvalue weighted by molar-refractivity contribution is 6.30. The molecule has 5 nitrogen and oxygen atoms in total. The topological polar surface area (TPSA) is 56.1 Å². The third-order valence-corrected chi connectivity index (χ3v) is 5.05. The van der Waals surface area contributed by atoms with Gasteiger partial charge in [0.15, 0.2) is 0 Å². The van der Waals surface area contributed by atoms with E-state index in [1.807, 2.05) is 31.2 Å². The molecule has 0 saturated heterocycles. The van der Waals surface area contributed by atoms with Crippen molar-refractivity contribution in [3.8, 4) is 5.69 Å². The lowest BCUT2D eigenvalue weighted by Crippen LogP contribution is -2.26. The van der Waals surface area contributed by atoms with Crippen LogP contribution in [0.2, 0.25) is 5.02 Å². The number of amides is 1. The number of nitrogens with zero attached hydrogens (tertiary/aromatic N) is 2. The molecule has 0 atom stereocenters. The van der Waals surface area contributed by atoms with Crippen LogP contribution in [0, 0.1) is 6.92 Å². The molecule has 26 heavy (non-hydrogen) atoms. The molecule has 6 heteroatoms. The largest absolute Gasteiger partial charge is 0.378 e. The number of hydrogen-bond acceptors (Lipinski definition) is 3. The van der Waals surface area contributed by atoms with Crippen molar-refractivity contribution in [1.29, 1.82) is 0 Å². The van der Waals surface area contributed by atoms with Crippen molar-refractivity contribution in [2.75, 3.05) is 13.2 Å². The maximum Gasteiger partial charge on any atom is 0.254 e. The van der Waals surface area contributed by atoms with Crippen LogP contribution < -0.4 is 5.32 Å². The summed E-state index contributed by atoms with van der Waals surface area (Å²) in [6.07, 6.45) is 9.07. The monoisotopic (exact) mass is 375 g/mol. The maximum absolute atomic E-state index is 12.4. The minimum Gasteiger partial charge on any atom is -0.378 e. The summed E-state index contributed by atoms with van der Waals surface area (Å²) in [7, 11) is 0. The van der Waals surface area contributed by atoms with Gasteiger partial charge in [-0.3, -0.25) is 4.79 Å². The molecule has 1 aliphatic carbocycles. The van der Waals surface area contributed by atoms with Crippen molar-refractivity contribution >= 4 is 17.5 Å². The van der Waals surface area contributed by atoms with Crippen molar-refractivity contribution in [1.82, 2.24) is 15.1 Å². The minimum atomic E-state index is -0.103. The third-order valence-electron chi connectivity index (χ3n) is 4.82. The zero-order valence-electron chi connectivity index (χ0n) is 15.2. The first-order chi connectivity index (χ1) is 12.6. The first-order valence-corrected chi connectivity index (χ1v) is 9.73. The van der Waals surface area contributed by atoms with Gasteiger partial charge >= 0.3 is 0 Å². The highest BCUT2D eigenvalue weighted by atomic mass is 35.5. The highest BCUT2D eigenvalue weighted by Crippen LogP contribution is 2.20. The standard InChI is InChI=1S/C20H26ClN3O2/c1-15-19(14-23-24(15)17-8-5-7-16(21)13-17)20(25)22-11-6-12-26-18-9-3-2-4-10-18/h5,7-8,13-14,18H,2-4,6,9-12H2,1H3,(H,22,25). The van der Waals surface area contributed by atoms with Gasteiger partial charge in [0, 0.05) is 18.2 Å². The van der Waals surface area contributed by atoms with E-state index in [2.05, 4.69) is 10.4 Å². The number of carbonyl (C=O) groups excluding carboxylic acids is 1. The van der Waals surface area contributed by atoms with Gasteiger partial charge in [-0.15, -0.1) is 0 Å². The van der Waals surface area contributed by atoms with E-state index in [1.54, 1.807) is 10.9 Å². The number of carbonyl (C=O) groups is 1. The summed E-state index contributed by atoms with van der Waals surface area (Å²) < 4.78 is 7.62. The van der Waals surface area contributed by atoms with Gasteiger partial charge in [-0.25, -0.2) is 4.68 Å². The zero-order valence-corrected chi connectivity index (χ0v) is 16.0. The number of aromatic nitrogens is 2. The van der Waals surface area contributed by atoms with E-state index >= 15 is 0 Å². The van der Waals surface area contributed by atoms with E-state index in [9.17, 15) is 4.79 Å². The number of ether oxygens (including phenoxy) is 1. The van der Waals surface area contributed by atoms with Crippen LogP contribution in [0.3, 0.4) is 0 Å². The highest BCUT2D eigenvalue weighted by Gasteiger charge is 2.16. The van der Waals surface area contributed by atoms with Gasteiger partial charge in [-0.05, 0) is 44.4 Å². The Bertz CT molecular complexity index is 738. The lowest BCUT2D eigenvalue weighted by Gasteiger charge is -2.21. The fourth-order valence-electron chi connectivity index (χ4n) is 3.35. The molecule has 0 spiro atoms. The van der Waals surface area contributed by atoms with Crippen molar-refractivity contribution in [3.05, 3.63) is 46.7 Å². The predicted molar refractivity (Wildman–Crippen MR) is 103 cm³/mol. The molecule has 1 fully saturated rings. The van der Waals surface area contributed by atoms with Crippen LogP contribution in [-0.4, -0.2) is 34.9 Å². The number of halogens is 1. The lowest BCUT2D eigenvalue weighted by atomic mass is 9.98. The maximum atomic E-state index is 12.4. The Balaban J connectivity index is 1.47. The Morgan fingerprint density at radius 3 is 2.92 bits per heavy atom. The molecule has 0 radical (unpaired) electrons. The van der Waals surface area contributed by atoms with Gasteiger partial charge in [-0.1, -0.05) is 36.9 Å². The van der Waals surface area contributed by atoms with Crippen LogP contribution in [0.5, 0.6) is 0 Å². The fourth-order valence-corrected chi connectivity index (χ4v) is 3.54. The molecule has 140 valence electrons. The smallest absolute Gasteiger partial charge is 0.254 e. The zero-order chi connectivity index (χ0) is 18.4. The Hall–Kier alpha value is -1.85. The number of nitrogens with one attached hydrogen (secondary N) is 1. The van der Waals surface area contributed by atoms with Gasteiger partial charge in [-0.2, -0.15) is 5.10 Å². The molecule has 0 unspecified atom stereocenters. The molecule has 1 aliphatic rings. The summed E-state index contributed by atoms with van der Waals surface area (Å²) in [5.41, 5.74) is 2.22. The first-order valence-electron chi connectivity index (χ1n) is 9.35. The van der Waals surface area contributed by atoms with E-state index in [-0.39, 0.29) is 5.91 Å². The Morgan fingerprint density at radius 1 is 1.35 bits per heavy atom. The van der Waals surface area contributed by atoms with Crippen LogP contribution in [0.4, 0.5) is 0 Å². The fraction of sp³-hybridized carbons (Fsp3) is 0.500. The van der Waals surface area contributed by atoms with Crippen LogP contribution >= 0.6 is 11.6 Å². The Kier molecular flexibility index (Phi) is 6.69. The lowest BCUT2D eigenvalue weighted by molar-refractivity contribution is 0.0273. The molecule has 0 aliphatic heterocycles. The van der Waals surface area contributed by atoms with Gasteiger partial charge in [0.25, 0.3) is 5.91 Å². The molecular formula is C20H26ClN3O2. The van der Waals surface area contributed by atoms with Crippen molar-refractivity contribution < 1.29 is 9.53 Å². The van der Waals surface area contributed by atoms with Crippen LogP contribution in [0.25, 0.3) is 5.69 Å². The normalized spacial score (nSPS) is 15.2. The molecule has 1 aromatic carbocycles. The summed E-state index contributed by atoms with van der Waals surface area (Å²) in [5, 5.41) is 7.92. The Labute approximate surface area is 159 Å².